The molecule has 2 aromatic rings. The lowest BCUT2D eigenvalue weighted by Crippen LogP contribution is -2.51. The number of nitro benzene ring substituents is 1. The second kappa shape index (κ2) is 11.8. The molecule has 8 heteroatoms. The minimum atomic E-state index is -0.693. The normalized spacial score (nSPS) is 12.5. The van der Waals surface area contributed by atoms with Crippen molar-refractivity contribution in [1.29, 1.82) is 0 Å². The molecule has 2 amide bonds. The van der Waals surface area contributed by atoms with Gasteiger partial charge in [0.1, 0.15) is 11.8 Å². The molecule has 32 heavy (non-hydrogen) atoms. The van der Waals surface area contributed by atoms with E-state index < -0.39 is 11.0 Å². The number of nitro groups is 1. The average molecular weight is 442 g/mol. The molecule has 8 nitrogen and oxygen atoms in total. The number of nitrogens with one attached hydrogen (secondary N) is 1. The Bertz CT molecular complexity index is 929. The van der Waals surface area contributed by atoms with Gasteiger partial charge in [0.05, 0.1) is 18.5 Å². The van der Waals surface area contributed by atoms with E-state index in [4.69, 9.17) is 4.74 Å². The molecule has 0 spiro atoms. The van der Waals surface area contributed by atoms with E-state index in [2.05, 4.69) is 5.32 Å². The Morgan fingerprint density at radius 3 is 2.31 bits per heavy atom. The Morgan fingerprint density at radius 1 is 1.09 bits per heavy atom. The van der Waals surface area contributed by atoms with E-state index in [1.54, 1.807) is 37.4 Å². The zero-order valence-corrected chi connectivity index (χ0v) is 19.0. The fourth-order valence-electron chi connectivity index (χ4n) is 3.39. The molecule has 0 fully saturated rings. The summed E-state index contributed by atoms with van der Waals surface area (Å²) in [7, 11) is 1.57. The molecule has 0 aliphatic rings. The molecule has 0 bridgehead atoms. The minimum Gasteiger partial charge on any atom is -0.497 e. The highest BCUT2D eigenvalue weighted by atomic mass is 16.6. The van der Waals surface area contributed by atoms with Crippen molar-refractivity contribution < 1.29 is 19.2 Å². The number of carbonyl (C=O) groups excluding carboxylic acids is 2. The first-order valence-corrected chi connectivity index (χ1v) is 10.8. The van der Waals surface area contributed by atoms with Crippen LogP contribution >= 0.6 is 0 Å². The molecule has 0 radical (unpaired) electrons. The SMILES string of the molecule is CC[C@H](C(=O)N[C@@H](C)CC)N(Cc1ccc(OC)cc1)C(=O)Cc1ccccc1[N+](=O)[O-]. The lowest BCUT2D eigenvalue weighted by Gasteiger charge is -2.31. The first-order valence-electron chi connectivity index (χ1n) is 10.8. The highest BCUT2D eigenvalue weighted by Crippen LogP contribution is 2.22. The summed E-state index contributed by atoms with van der Waals surface area (Å²) in [6.07, 6.45) is 1.02. The fourth-order valence-corrected chi connectivity index (χ4v) is 3.39. The zero-order chi connectivity index (χ0) is 23.7. The molecule has 0 unspecified atom stereocenters. The van der Waals surface area contributed by atoms with Crippen molar-refractivity contribution in [2.24, 2.45) is 0 Å². The van der Waals surface area contributed by atoms with E-state index in [1.807, 2.05) is 32.9 Å². The quantitative estimate of drug-likeness (QED) is 0.421. The summed E-state index contributed by atoms with van der Waals surface area (Å²) in [6.45, 7) is 5.93. The molecule has 0 saturated heterocycles. The van der Waals surface area contributed by atoms with Gasteiger partial charge >= 0.3 is 0 Å². The third-order valence-corrected chi connectivity index (χ3v) is 5.43. The highest BCUT2D eigenvalue weighted by molar-refractivity contribution is 5.89. The zero-order valence-electron chi connectivity index (χ0n) is 19.0. The first-order chi connectivity index (χ1) is 15.3. The van der Waals surface area contributed by atoms with Crippen molar-refractivity contribution in [3.63, 3.8) is 0 Å². The summed E-state index contributed by atoms with van der Waals surface area (Å²) in [5.41, 5.74) is 1.04. The van der Waals surface area contributed by atoms with E-state index in [9.17, 15) is 19.7 Å². The van der Waals surface area contributed by atoms with Gasteiger partial charge in [-0.15, -0.1) is 0 Å². The Labute approximate surface area is 188 Å². The summed E-state index contributed by atoms with van der Waals surface area (Å²) in [5, 5.41) is 14.3. The monoisotopic (exact) mass is 441 g/mol. The van der Waals surface area contributed by atoms with Gasteiger partial charge in [-0.3, -0.25) is 19.7 Å². The van der Waals surface area contributed by atoms with Crippen molar-refractivity contribution in [1.82, 2.24) is 10.2 Å². The van der Waals surface area contributed by atoms with Crippen molar-refractivity contribution >= 4 is 17.5 Å². The van der Waals surface area contributed by atoms with Crippen LogP contribution in [0.3, 0.4) is 0 Å². The van der Waals surface area contributed by atoms with Crippen LogP contribution in [0.1, 0.15) is 44.7 Å². The van der Waals surface area contributed by atoms with E-state index in [0.717, 1.165) is 12.0 Å². The van der Waals surface area contributed by atoms with E-state index >= 15 is 0 Å². The molecule has 0 aromatic heterocycles. The van der Waals surface area contributed by atoms with Gasteiger partial charge < -0.3 is 15.0 Å². The van der Waals surface area contributed by atoms with Crippen LogP contribution in [0.5, 0.6) is 5.75 Å². The summed E-state index contributed by atoms with van der Waals surface area (Å²) in [6, 6.07) is 12.7. The second-order valence-electron chi connectivity index (χ2n) is 7.67. The van der Waals surface area contributed by atoms with Crippen LogP contribution in [0.2, 0.25) is 0 Å². The molecule has 2 rings (SSSR count). The van der Waals surface area contributed by atoms with Gasteiger partial charge in [0.2, 0.25) is 11.8 Å². The van der Waals surface area contributed by atoms with E-state index in [1.165, 1.54) is 11.0 Å². The summed E-state index contributed by atoms with van der Waals surface area (Å²) >= 11 is 0. The van der Waals surface area contributed by atoms with Crippen LogP contribution in [0.4, 0.5) is 5.69 Å². The third-order valence-electron chi connectivity index (χ3n) is 5.43. The molecule has 2 aromatic carbocycles. The minimum absolute atomic E-state index is 0.0234. The maximum absolute atomic E-state index is 13.4. The smallest absolute Gasteiger partial charge is 0.273 e. The lowest BCUT2D eigenvalue weighted by atomic mass is 10.0. The summed E-state index contributed by atoms with van der Waals surface area (Å²) in [4.78, 5) is 38.7. The topological polar surface area (TPSA) is 102 Å². The Morgan fingerprint density at radius 2 is 1.75 bits per heavy atom. The lowest BCUT2D eigenvalue weighted by molar-refractivity contribution is -0.385. The largest absolute Gasteiger partial charge is 0.497 e. The van der Waals surface area contributed by atoms with Gasteiger partial charge in [-0.2, -0.15) is 0 Å². The fraction of sp³-hybridized carbons (Fsp3) is 0.417. The average Bonchev–Trinajstić information content (AvgIpc) is 2.79. The van der Waals surface area contributed by atoms with Gasteiger partial charge in [-0.1, -0.05) is 44.2 Å². The van der Waals surface area contributed by atoms with Crippen LogP contribution in [0.25, 0.3) is 0 Å². The standard InChI is InChI=1S/C24H31N3O5/c1-5-17(3)25-24(29)21(6-2)26(16-18-11-13-20(32-4)14-12-18)23(28)15-19-9-7-8-10-22(19)27(30)31/h7-14,17,21H,5-6,15-16H2,1-4H3,(H,25,29)/t17-,21+/m0/s1. The molecule has 2 atom stereocenters. The van der Waals surface area contributed by atoms with E-state index in [0.29, 0.717) is 17.7 Å². The van der Waals surface area contributed by atoms with Crippen LogP contribution < -0.4 is 10.1 Å². The number of hydrogen-bond donors (Lipinski definition) is 1. The molecule has 0 heterocycles. The third kappa shape index (κ3) is 6.54. The van der Waals surface area contributed by atoms with Gasteiger partial charge in [0, 0.05) is 24.2 Å². The Kier molecular flexibility index (Phi) is 9.19. The van der Waals surface area contributed by atoms with Crippen molar-refractivity contribution in [2.75, 3.05) is 7.11 Å². The van der Waals surface area contributed by atoms with Crippen LogP contribution in [0.15, 0.2) is 48.5 Å². The van der Waals surface area contributed by atoms with Gasteiger partial charge in [-0.25, -0.2) is 0 Å². The maximum atomic E-state index is 13.4. The van der Waals surface area contributed by atoms with Crippen molar-refractivity contribution in [3.05, 3.63) is 69.8 Å². The van der Waals surface area contributed by atoms with Gasteiger partial charge in [0.25, 0.3) is 5.69 Å². The summed E-state index contributed by atoms with van der Waals surface area (Å²) < 4.78 is 5.19. The first kappa shape index (κ1) is 24.8. The number of amides is 2. The highest BCUT2D eigenvalue weighted by Gasteiger charge is 2.30. The molecule has 0 aliphatic carbocycles. The number of nitrogens with zero attached hydrogens (tertiary/aromatic N) is 2. The number of methoxy groups -OCH3 is 1. The number of carbonyl (C=O) groups is 2. The summed E-state index contributed by atoms with van der Waals surface area (Å²) in [5.74, 6) is 0.112. The Balaban J connectivity index is 2.36. The number of benzene rings is 2. The molecule has 1 N–H and O–H groups in total. The second-order valence-corrected chi connectivity index (χ2v) is 7.67. The molecular formula is C24H31N3O5. The Hall–Kier alpha value is -3.42. The molecular weight excluding hydrogens is 410 g/mol. The predicted octanol–water partition coefficient (Wildman–Crippen LogP) is 3.87. The maximum Gasteiger partial charge on any atom is 0.273 e. The molecule has 0 aliphatic heterocycles. The number of ether oxygens (including phenoxy) is 1. The van der Waals surface area contributed by atoms with Crippen LogP contribution in [-0.2, 0) is 22.6 Å². The number of rotatable bonds is 11. The van der Waals surface area contributed by atoms with Crippen molar-refractivity contribution in [3.8, 4) is 5.75 Å². The van der Waals surface area contributed by atoms with Crippen LogP contribution in [-0.4, -0.2) is 40.8 Å². The number of hydrogen-bond acceptors (Lipinski definition) is 5. The molecule has 0 saturated carbocycles. The van der Waals surface area contributed by atoms with Gasteiger partial charge in [0.15, 0.2) is 0 Å². The predicted molar refractivity (Wildman–Crippen MR) is 122 cm³/mol. The van der Waals surface area contributed by atoms with Crippen LogP contribution in [0, 0.1) is 10.1 Å². The van der Waals surface area contributed by atoms with Crippen molar-refractivity contribution in [2.45, 2.75) is 58.7 Å². The van der Waals surface area contributed by atoms with Gasteiger partial charge in [-0.05, 0) is 37.5 Å². The molecule has 172 valence electrons. The number of para-hydroxylation sites is 1. The van der Waals surface area contributed by atoms with E-state index in [-0.39, 0.29) is 36.5 Å².